The molecule has 0 saturated heterocycles. The van der Waals surface area contributed by atoms with Crippen LogP contribution in [0.15, 0.2) is 17.5 Å². The Balaban J connectivity index is 2.43. The van der Waals surface area contributed by atoms with Gasteiger partial charge in [0, 0.05) is 0 Å². The minimum absolute atomic E-state index is 0.350. The number of carbonyl (C=O) groups excluding carboxylic acids is 1. The molecular weight excluding hydrogens is 258 g/mol. The predicted octanol–water partition coefficient (Wildman–Crippen LogP) is 3.06. The lowest BCUT2D eigenvalue weighted by Crippen LogP contribution is -2.03. The molecule has 17 heavy (non-hydrogen) atoms. The fourth-order valence-electron chi connectivity index (χ4n) is 1.30. The molecule has 2 aromatic rings. The number of hydrogen-bond acceptors (Lipinski definition) is 6. The Morgan fingerprint density at radius 3 is 2.94 bits per heavy atom. The third kappa shape index (κ3) is 2.48. The van der Waals surface area contributed by atoms with E-state index >= 15 is 0 Å². The molecule has 0 bridgehead atoms. The Morgan fingerprint density at radius 1 is 1.53 bits per heavy atom. The van der Waals surface area contributed by atoms with Crippen LogP contribution in [0.25, 0.3) is 10.6 Å². The standard InChI is InChI=1S/C11H11NO3S2/c1-3-15-10(13)9-8(7-5-4-6-16-7)12-11(14-2)17-9/h4-6H,3H2,1-2H3. The van der Waals surface area contributed by atoms with Gasteiger partial charge in [0.2, 0.25) is 0 Å². The maximum absolute atomic E-state index is 11.8. The molecule has 0 aromatic carbocycles. The van der Waals surface area contributed by atoms with E-state index in [2.05, 4.69) is 4.98 Å². The van der Waals surface area contributed by atoms with Gasteiger partial charge in [0.1, 0.15) is 10.6 Å². The van der Waals surface area contributed by atoms with Crippen molar-refractivity contribution in [1.82, 2.24) is 4.98 Å². The first-order valence-corrected chi connectivity index (χ1v) is 6.71. The molecule has 0 fully saturated rings. The lowest BCUT2D eigenvalue weighted by molar-refractivity contribution is 0.0532. The lowest BCUT2D eigenvalue weighted by Gasteiger charge is -1.99. The monoisotopic (exact) mass is 269 g/mol. The number of ether oxygens (including phenoxy) is 2. The van der Waals surface area contributed by atoms with Crippen LogP contribution in [0.4, 0.5) is 0 Å². The number of thiophene rings is 1. The van der Waals surface area contributed by atoms with Crippen molar-refractivity contribution in [2.24, 2.45) is 0 Å². The van der Waals surface area contributed by atoms with E-state index in [1.54, 1.807) is 6.92 Å². The second kappa shape index (κ2) is 5.29. The summed E-state index contributed by atoms with van der Waals surface area (Å²) in [5, 5.41) is 2.41. The predicted molar refractivity (Wildman–Crippen MR) is 67.9 cm³/mol. The highest BCUT2D eigenvalue weighted by molar-refractivity contribution is 7.17. The van der Waals surface area contributed by atoms with Crippen LogP contribution >= 0.6 is 22.7 Å². The van der Waals surface area contributed by atoms with Gasteiger partial charge in [0.15, 0.2) is 0 Å². The van der Waals surface area contributed by atoms with Crippen LogP contribution in [-0.4, -0.2) is 24.7 Å². The Labute approximate surface area is 107 Å². The van der Waals surface area contributed by atoms with Gasteiger partial charge in [-0.15, -0.1) is 11.3 Å². The SMILES string of the molecule is CCOC(=O)c1sc(OC)nc1-c1cccs1. The second-order valence-electron chi connectivity index (χ2n) is 3.06. The molecule has 0 aliphatic heterocycles. The van der Waals surface area contributed by atoms with E-state index in [0.717, 1.165) is 4.88 Å². The number of rotatable bonds is 4. The average Bonchev–Trinajstić information content (AvgIpc) is 2.98. The summed E-state index contributed by atoms with van der Waals surface area (Å²) in [4.78, 5) is 17.5. The van der Waals surface area contributed by atoms with E-state index in [0.29, 0.717) is 22.4 Å². The van der Waals surface area contributed by atoms with Crippen molar-refractivity contribution in [2.45, 2.75) is 6.92 Å². The minimum atomic E-state index is -0.350. The molecular formula is C11H11NO3S2. The third-order valence-electron chi connectivity index (χ3n) is 2.00. The van der Waals surface area contributed by atoms with Crippen molar-refractivity contribution in [3.63, 3.8) is 0 Å². The summed E-state index contributed by atoms with van der Waals surface area (Å²) in [6.07, 6.45) is 0. The Kier molecular flexibility index (Phi) is 3.75. The fraction of sp³-hybridized carbons (Fsp3) is 0.273. The van der Waals surface area contributed by atoms with Gasteiger partial charge in [-0.1, -0.05) is 17.4 Å². The molecule has 6 heteroatoms. The maximum Gasteiger partial charge on any atom is 0.350 e. The minimum Gasteiger partial charge on any atom is -0.473 e. The van der Waals surface area contributed by atoms with Gasteiger partial charge in [0.25, 0.3) is 5.19 Å². The summed E-state index contributed by atoms with van der Waals surface area (Å²) in [7, 11) is 1.53. The van der Waals surface area contributed by atoms with Gasteiger partial charge in [0.05, 0.1) is 18.6 Å². The first-order valence-electron chi connectivity index (χ1n) is 5.02. The van der Waals surface area contributed by atoms with Gasteiger partial charge in [-0.05, 0) is 18.4 Å². The summed E-state index contributed by atoms with van der Waals surface area (Å²) in [5.41, 5.74) is 0.639. The number of hydrogen-bond donors (Lipinski definition) is 0. The fourth-order valence-corrected chi connectivity index (χ4v) is 2.88. The number of carbonyl (C=O) groups is 1. The molecule has 0 spiro atoms. The molecule has 4 nitrogen and oxygen atoms in total. The molecule has 0 unspecified atom stereocenters. The molecule has 0 N–H and O–H groups in total. The normalized spacial score (nSPS) is 10.2. The summed E-state index contributed by atoms with van der Waals surface area (Å²) in [6.45, 7) is 2.13. The van der Waals surface area contributed by atoms with E-state index < -0.39 is 0 Å². The summed E-state index contributed by atoms with van der Waals surface area (Å²) >= 11 is 2.73. The summed E-state index contributed by atoms with van der Waals surface area (Å²) in [6, 6.07) is 3.84. The van der Waals surface area contributed by atoms with E-state index in [1.807, 2.05) is 17.5 Å². The van der Waals surface area contributed by atoms with Crippen molar-refractivity contribution < 1.29 is 14.3 Å². The highest BCUT2D eigenvalue weighted by Crippen LogP contribution is 2.35. The van der Waals surface area contributed by atoms with Crippen molar-refractivity contribution in [1.29, 1.82) is 0 Å². The molecule has 0 aliphatic rings. The van der Waals surface area contributed by atoms with Crippen LogP contribution in [-0.2, 0) is 4.74 Å². The molecule has 0 atom stereocenters. The molecule has 90 valence electrons. The number of esters is 1. The molecule has 0 radical (unpaired) electrons. The third-order valence-corrected chi connectivity index (χ3v) is 3.87. The van der Waals surface area contributed by atoms with Gasteiger partial charge >= 0.3 is 5.97 Å². The molecule has 0 saturated carbocycles. The average molecular weight is 269 g/mol. The molecule has 2 aromatic heterocycles. The van der Waals surface area contributed by atoms with Gasteiger partial charge in [-0.3, -0.25) is 0 Å². The van der Waals surface area contributed by atoms with Gasteiger partial charge in [-0.2, -0.15) is 0 Å². The topological polar surface area (TPSA) is 48.4 Å². The zero-order chi connectivity index (χ0) is 12.3. The number of methoxy groups -OCH3 is 1. The van der Waals surface area contributed by atoms with Crippen LogP contribution in [0.1, 0.15) is 16.6 Å². The first kappa shape index (κ1) is 12.1. The number of thiazole rings is 1. The quantitative estimate of drug-likeness (QED) is 0.800. The smallest absolute Gasteiger partial charge is 0.350 e. The van der Waals surface area contributed by atoms with Crippen molar-refractivity contribution >= 4 is 28.6 Å². The zero-order valence-corrected chi connectivity index (χ0v) is 11.1. The molecule has 0 aliphatic carbocycles. The van der Waals surface area contributed by atoms with Crippen LogP contribution in [0.3, 0.4) is 0 Å². The first-order chi connectivity index (χ1) is 8.26. The lowest BCUT2D eigenvalue weighted by atomic mass is 10.3. The second-order valence-corrected chi connectivity index (χ2v) is 4.97. The molecule has 2 heterocycles. The molecule has 2 rings (SSSR count). The Bertz CT molecular complexity index is 505. The van der Waals surface area contributed by atoms with E-state index in [1.165, 1.54) is 29.8 Å². The van der Waals surface area contributed by atoms with Gasteiger partial charge < -0.3 is 9.47 Å². The zero-order valence-electron chi connectivity index (χ0n) is 9.43. The van der Waals surface area contributed by atoms with Crippen LogP contribution in [0.2, 0.25) is 0 Å². The van der Waals surface area contributed by atoms with Crippen LogP contribution in [0.5, 0.6) is 5.19 Å². The van der Waals surface area contributed by atoms with Gasteiger partial charge in [-0.25, -0.2) is 9.78 Å². The maximum atomic E-state index is 11.8. The van der Waals surface area contributed by atoms with E-state index in [-0.39, 0.29) is 5.97 Å². The largest absolute Gasteiger partial charge is 0.473 e. The molecule has 0 amide bonds. The highest BCUT2D eigenvalue weighted by Gasteiger charge is 2.21. The van der Waals surface area contributed by atoms with Crippen molar-refractivity contribution in [3.05, 3.63) is 22.4 Å². The summed E-state index contributed by atoms with van der Waals surface area (Å²) in [5.74, 6) is -0.350. The van der Waals surface area contributed by atoms with Crippen molar-refractivity contribution in [3.8, 4) is 15.8 Å². The number of aromatic nitrogens is 1. The Hall–Kier alpha value is -1.40. The number of nitrogens with zero attached hydrogens (tertiary/aromatic N) is 1. The van der Waals surface area contributed by atoms with E-state index in [4.69, 9.17) is 9.47 Å². The summed E-state index contributed by atoms with van der Waals surface area (Å²) < 4.78 is 10.1. The van der Waals surface area contributed by atoms with Crippen LogP contribution in [0, 0.1) is 0 Å². The van der Waals surface area contributed by atoms with E-state index in [9.17, 15) is 4.79 Å². The Morgan fingerprint density at radius 2 is 2.35 bits per heavy atom. The highest BCUT2D eigenvalue weighted by atomic mass is 32.1. The van der Waals surface area contributed by atoms with Crippen molar-refractivity contribution in [2.75, 3.05) is 13.7 Å². The van der Waals surface area contributed by atoms with Crippen LogP contribution < -0.4 is 4.74 Å².